The van der Waals surface area contributed by atoms with Crippen molar-refractivity contribution in [1.29, 1.82) is 0 Å². The highest BCUT2D eigenvalue weighted by Crippen LogP contribution is 2.31. The Kier molecular flexibility index (Phi) is 6.23. The largest absolute Gasteiger partial charge is 0.392 e. The third-order valence-electron chi connectivity index (χ3n) is 3.37. The van der Waals surface area contributed by atoms with Crippen LogP contribution in [0.15, 0.2) is 17.0 Å². The molecule has 1 heterocycles. The number of sulfonamides is 1. The van der Waals surface area contributed by atoms with E-state index in [0.717, 1.165) is 18.6 Å². The number of hydrogen-bond acceptors (Lipinski definition) is 4. The van der Waals surface area contributed by atoms with E-state index in [1.54, 1.807) is 11.8 Å². The fourth-order valence-corrected chi connectivity index (χ4v) is 5.50. The van der Waals surface area contributed by atoms with Crippen molar-refractivity contribution in [2.45, 2.75) is 36.0 Å². The predicted octanol–water partition coefficient (Wildman–Crippen LogP) is 3.05. The van der Waals surface area contributed by atoms with E-state index in [4.69, 9.17) is 23.2 Å². The molecule has 0 saturated carbocycles. The van der Waals surface area contributed by atoms with E-state index in [1.807, 2.05) is 0 Å². The molecule has 0 aromatic heterocycles. The molecule has 1 aliphatic heterocycles. The molecule has 1 fully saturated rings. The summed E-state index contributed by atoms with van der Waals surface area (Å²) in [6, 6.07) is 2.79. The van der Waals surface area contributed by atoms with Crippen molar-refractivity contribution in [3.05, 3.63) is 27.7 Å². The summed E-state index contributed by atoms with van der Waals surface area (Å²) >= 11 is 13.7. The highest BCUT2D eigenvalue weighted by molar-refractivity contribution is 8.00. The molecule has 1 atom stereocenters. The average molecular weight is 370 g/mol. The molecule has 1 unspecified atom stereocenters. The van der Waals surface area contributed by atoms with Crippen LogP contribution >= 0.6 is 35.0 Å². The first-order valence-corrected chi connectivity index (χ1v) is 9.93. The van der Waals surface area contributed by atoms with Crippen LogP contribution in [0.3, 0.4) is 0 Å². The van der Waals surface area contributed by atoms with Gasteiger partial charge in [0.2, 0.25) is 10.0 Å². The summed E-state index contributed by atoms with van der Waals surface area (Å²) in [4.78, 5) is -0.0431. The van der Waals surface area contributed by atoms with Gasteiger partial charge in [-0.05, 0) is 30.7 Å². The van der Waals surface area contributed by atoms with Crippen molar-refractivity contribution in [2.75, 3.05) is 12.3 Å². The van der Waals surface area contributed by atoms with Gasteiger partial charge >= 0.3 is 0 Å². The second-order valence-corrected chi connectivity index (χ2v) is 8.77. The smallest absolute Gasteiger partial charge is 0.242 e. The van der Waals surface area contributed by atoms with E-state index in [1.165, 1.54) is 18.6 Å². The van der Waals surface area contributed by atoms with Crippen molar-refractivity contribution < 1.29 is 13.5 Å². The van der Waals surface area contributed by atoms with Crippen LogP contribution in [-0.2, 0) is 16.6 Å². The number of aliphatic hydroxyl groups is 1. The molecule has 8 heteroatoms. The second-order valence-electron chi connectivity index (χ2n) is 4.84. The number of rotatable bonds is 5. The minimum absolute atomic E-state index is 0.0196. The average Bonchev–Trinajstić information content (AvgIpc) is 2.46. The van der Waals surface area contributed by atoms with Gasteiger partial charge in [-0.25, -0.2) is 13.1 Å². The minimum Gasteiger partial charge on any atom is -0.392 e. The Hall–Kier alpha value is 0.0200. The molecule has 4 nitrogen and oxygen atoms in total. The molecule has 0 amide bonds. The van der Waals surface area contributed by atoms with Gasteiger partial charge in [-0.2, -0.15) is 11.8 Å². The van der Waals surface area contributed by atoms with Crippen LogP contribution in [0.25, 0.3) is 0 Å². The summed E-state index contributed by atoms with van der Waals surface area (Å²) in [6.45, 7) is -0.0140. The number of halogens is 2. The van der Waals surface area contributed by atoms with E-state index in [0.29, 0.717) is 11.8 Å². The van der Waals surface area contributed by atoms with Crippen LogP contribution in [-0.4, -0.2) is 31.1 Å². The zero-order valence-corrected chi connectivity index (χ0v) is 14.5. The Morgan fingerprint density at radius 2 is 2.10 bits per heavy atom. The van der Waals surface area contributed by atoms with Gasteiger partial charge in [0, 0.05) is 22.4 Å². The third kappa shape index (κ3) is 4.27. The number of nitrogens with one attached hydrogen (secondary N) is 1. The van der Waals surface area contributed by atoms with Gasteiger partial charge in [0.05, 0.1) is 11.6 Å². The highest BCUT2D eigenvalue weighted by Gasteiger charge is 2.23. The van der Waals surface area contributed by atoms with E-state index < -0.39 is 16.6 Å². The summed E-state index contributed by atoms with van der Waals surface area (Å²) in [7, 11) is -3.70. The van der Waals surface area contributed by atoms with Crippen molar-refractivity contribution >= 4 is 45.0 Å². The fraction of sp³-hybridized carbons (Fsp3) is 0.538. The Bertz CT molecular complexity index is 602. The molecule has 2 N–H and O–H groups in total. The molecule has 1 saturated heterocycles. The lowest BCUT2D eigenvalue weighted by Crippen LogP contribution is -2.32. The number of benzene rings is 1. The lowest BCUT2D eigenvalue weighted by atomic mass is 10.2. The number of hydrogen-bond donors (Lipinski definition) is 2. The van der Waals surface area contributed by atoms with Gasteiger partial charge in [-0.1, -0.05) is 29.6 Å². The summed E-state index contributed by atoms with van der Waals surface area (Å²) in [5.41, 5.74) is 0.230. The Morgan fingerprint density at radius 3 is 2.71 bits per heavy atom. The molecule has 2 rings (SSSR count). The molecule has 118 valence electrons. The Labute approximate surface area is 139 Å². The van der Waals surface area contributed by atoms with E-state index >= 15 is 0 Å². The predicted molar refractivity (Wildman–Crippen MR) is 87.7 cm³/mol. The van der Waals surface area contributed by atoms with Crippen molar-refractivity contribution in [1.82, 2.24) is 4.72 Å². The number of aliphatic hydroxyl groups excluding tert-OH is 1. The molecule has 1 aliphatic rings. The summed E-state index contributed by atoms with van der Waals surface area (Å²) in [6.07, 6.45) is 3.34. The first kappa shape index (κ1) is 17.4. The monoisotopic (exact) mass is 369 g/mol. The molecule has 0 radical (unpaired) electrons. The van der Waals surface area contributed by atoms with Gasteiger partial charge in [0.15, 0.2) is 0 Å². The maximum atomic E-state index is 12.3. The molecule has 0 bridgehead atoms. The van der Waals surface area contributed by atoms with Gasteiger partial charge in [-0.15, -0.1) is 0 Å². The highest BCUT2D eigenvalue weighted by atomic mass is 35.5. The zero-order chi connectivity index (χ0) is 15.5. The maximum absolute atomic E-state index is 12.3. The van der Waals surface area contributed by atoms with Crippen molar-refractivity contribution in [3.63, 3.8) is 0 Å². The number of thioether (sulfide) groups is 1. The van der Waals surface area contributed by atoms with Crippen molar-refractivity contribution in [2.24, 2.45) is 0 Å². The summed E-state index contributed by atoms with van der Waals surface area (Å²) in [5.74, 6) is 1.07. The normalized spacial score (nSPS) is 19.7. The Balaban J connectivity index is 2.15. The lowest BCUT2D eigenvalue weighted by Gasteiger charge is -2.21. The standard InChI is InChI=1S/C13H17Cl2NO3S2/c14-11-4-5-12(13(15)10(11)8-17)21(18,19)16-7-9-3-1-2-6-20-9/h4-5,9,16-17H,1-3,6-8H2. The molecular weight excluding hydrogens is 353 g/mol. The molecule has 1 aromatic carbocycles. The molecule has 0 spiro atoms. The van der Waals surface area contributed by atoms with E-state index in [2.05, 4.69) is 4.72 Å². The summed E-state index contributed by atoms with van der Waals surface area (Å²) in [5, 5.41) is 9.77. The minimum atomic E-state index is -3.70. The van der Waals surface area contributed by atoms with Gasteiger partial charge in [0.25, 0.3) is 0 Å². The van der Waals surface area contributed by atoms with E-state index in [-0.39, 0.29) is 20.5 Å². The van der Waals surface area contributed by atoms with Crippen LogP contribution in [0.2, 0.25) is 10.0 Å². The topological polar surface area (TPSA) is 66.4 Å². The van der Waals surface area contributed by atoms with Crippen LogP contribution in [0, 0.1) is 0 Å². The Morgan fingerprint density at radius 1 is 1.33 bits per heavy atom. The van der Waals surface area contributed by atoms with Crippen molar-refractivity contribution in [3.8, 4) is 0 Å². The molecule has 1 aromatic rings. The SMILES string of the molecule is O=S(=O)(NCC1CCCCS1)c1ccc(Cl)c(CO)c1Cl. The zero-order valence-electron chi connectivity index (χ0n) is 11.3. The van der Waals surface area contributed by atoms with Gasteiger partial charge in [0.1, 0.15) is 4.90 Å². The molecule has 0 aliphatic carbocycles. The first-order valence-electron chi connectivity index (χ1n) is 6.64. The van der Waals surface area contributed by atoms with Crippen LogP contribution < -0.4 is 4.72 Å². The van der Waals surface area contributed by atoms with Gasteiger partial charge in [-0.3, -0.25) is 0 Å². The molecular formula is C13H17Cl2NO3S2. The summed E-state index contributed by atoms with van der Waals surface area (Å²) < 4.78 is 27.3. The quantitative estimate of drug-likeness (QED) is 0.836. The first-order chi connectivity index (χ1) is 9.95. The van der Waals surface area contributed by atoms with Gasteiger partial charge < -0.3 is 5.11 Å². The molecule has 21 heavy (non-hydrogen) atoms. The lowest BCUT2D eigenvalue weighted by molar-refractivity contribution is 0.281. The maximum Gasteiger partial charge on any atom is 0.242 e. The van der Waals surface area contributed by atoms with E-state index in [9.17, 15) is 13.5 Å². The third-order valence-corrected chi connectivity index (χ3v) is 7.14. The fourth-order valence-electron chi connectivity index (χ4n) is 2.18. The second kappa shape index (κ2) is 7.53. The van der Waals surface area contributed by atoms with Crippen LogP contribution in [0.1, 0.15) is 24.8 Å². The van der Waals surface area contributed by atoms with Crippen LogP contribution in [0.4, 0.5) is 0 Å². The van der Waals surface area contributed by atoms with Crippen LogP contribution in [0.5, 0.6) is 0 Å².